The van der Waals surface area contributed by atoms with E-state index in [1.165, 1.54) is 12.1 Å². The van der Waals surface area contributed by atoms with Gasteiger partial charge in [0, 0.05) is 5.41 Å². The van der Waals surface area contributed by atoms with Crippen molar-refractivity contribution in [3.05, 3.63) is 83.4 Å². The Balaban J connectivity index is 1.58. The third kappa shape index (κ3) is 5.28. The number of phenols is 1. The van der Waals surface area contributed by atoms with Crippen LogP contribution in [0, 0.1) is 0 Å². The Morgan fingerprint density at radius 2 is 1.29 bits per heavy atom. The molecule has 3 rings (SSSR count). The summed E-state index contributed by atoms with van der Waals surface area (Å²) in [6, 6.07) is 19.7. The quantitative estimate of drug-likeness (QED) is 0.478. The number of carboxylic acid groups (broad SMARTS) is 1. The predicted octanol–water partition coefficient (Wildman–Crippen LogP) is 4.88. The standard InChI is InChI=1S/C25H26O6/c1-25(2,18-6-13-22(24(27)28)23(26)16-18)17-4-7-20(8-5-17)30-14-15-31-21-11-9-19(29-3)10-12-21/h4-13,16,26H,14-15H2,1-3H3,(H,27,28). The van der Waals surface area contributed by atoms with Crippen molar-refractivity contribution in [2.45, 2.75) is 19.3 Å². The fraction of sp³-hybridized carbons (Fsp3) is 0.240. The number of rotatable bonds is 9. The van der Waals surface area contributed by atoms with Gasteiger partial charge in [-0.1, -0.05) is 32.0 Å². The Kier molecular flexibility index (Phi) is 6.70. The number of carboxylic acids is 1. The van der Waals surface area contributed by atoms with Gasteiger partial charge in [-0.05, 0) is 59.7 Å². The van der Waals surface area contributed by atoms with Gasteiger partial charge in [0.15, 0.2) is 0 Å². The van der Waals surface area contributed by atoms with E-state index >= 15 is 0 Å². The van der Waals surface area contributed by atoms with Gasteiger partial charge in [-0.2, -0.15) is 0 Å². The second kappa shape index (κ2) is 9.43. The summed E-state index contributed by atoms with van der Waals surface area (Å²) in [6.45, 7) is 4.84. The summed E-state index contributed by atoms with van der Waals surface area (Å²) >= 11 is 0. The zero-order valence-electron chi connectivity index (χ0n) is 17.8. The fourth-order valence-corrected chi connectivity index (χ4v) is 3.23. The molecule has 0 unspecified atom stereocenters. The van der Waals surface area contributed by atoms with Crippen molar-refractivity contribution in [3.63, 3.8) is 0 Å². The van der Waals surface area contributed by atoms with Crippen LogP contribution in [-0.2, 0) is 5.41 Å². The molecule has 31 heavy (non-hydrogen) atoms. The lowest BCUT2D eigenvalue weighted by Crippen LogP contribution is -2.19. The van der Waals surface area contributed by atoms with Crippen LogP contribution in [0.5, 0.6) is 23.0 Å². The van der Waals surface area contributed by atoms with Gasteiger partial charge >= 0.3 is 5.97 Å². The molecule has 6 heteroatoms. The van der Waals surface area contributed by atoms with Crippen LogP contribution in [0.15, 0.2) is 66.7 Å². The van der Waals surface area contributed by atoms with Crippen molar-refractivity contribution in [1.82, 2.24) is 0 Å². The summed E-state index contributed by atoms with van der Waals surface area (Å²) in [7, 11) is 1.62. The zero-order chi connectivity index (χ0) is 22.4. The van der Waals surface area contributed by atoms with E-state index in [9.17, 15) is 9.90 Å². The van der Waals surface area contributed by atoms with Gasteiger partial charge in [0.1, 0.15) is 41.8 Å². The van der Waals surface area contributed by atoms with Crippen LogP contribution in [0.1, 0.15) is 35.3 Å². The first-order chi connectivity index (χ1) is 14.8. The third-order valence-corrected chi connectivity index (χ3v) is 5.21. The number of hydrogen-bond donors (Lipinski definition) is 2. The van der Waals surface area contributed by atoms with Crippen LogP contribution in [0.25, 0.3) is 0 Å². The zero-order valence-corrected chi connectivity index (χ0v) is 17.8. The van der Waals surface area contributed by atoms with Gasteiger partial charge in [-0.3, -0.25) is 0 Å². The first-order valence-corrected chi connectivity index (χ1v) is 9.88. The van der Waals surface area contributed by atoms with E-state index < -0.39 is 11.4 Å². The highest BCUT2D eigenvalue weighted by atomic mass is 16.5. The Labute approximate surface area is 181 Å². The number of hydrogen-bond acceptors (Lipinski definition) is 5. The van der Waals surface area contributed by atoms with Crippen molar-refractivity contribution in [1.29, 1.82) is 0 Å². The lowest BCUT2D eigenvalue weighted by atomic mass is 9.78. The lowest BCUT2D eigenvalue weighted by molar-refractivity contribution is 0.0693. The molecule has 0 fully saturated rings. The monoisotopic (exact) mass is 422 g/mol. The molecule has 0 saturated heterocycles. The lowest BCUT2D eigenvalue weighted by Gasteiger charge is -2.26. The van der Waals surface area contributed by atoms with E-state index in [0.717, 1.165) is 28.4 Å². The number of aromatic carboxylic acids is 1. The highest BCUT2D eigenvalue weighted by Crippen LogP contribution is 2.35. The van der Waals surface area contributed by atoms with Crippen molar-refractivity contribution in [2.75, 3.05) is 20.3 Å². The second-order valence-electron chi connectivity index (χ2n) is 7.56. The van der Waals surface area contributed by atoms with Gasteiger partial charge in [-0.15, -0.1) is 0 Å². The van der Waals surface area contributed by atoms with Gasteiger partial charge < -0.3 is 24.4 Å². The van der Waals surface area contributed by atoms with E-state index in [-0.39, 0.29) is 11.3 Å². The molecule has 0 spiro atoms. The number of benzene rings is 3. The van der Waals surface area contributed by atoms with Crippen molar-refractivity contribution < 1.29 is 29.2 Å². The average molecular weight is 422 g/mol. The van der Waals surface area contributed by atoms with Crippen molar-refractivity contribution >= 4 is 5.97 Å². The van der Waals surface area contributed by atoms with Crippen molar-refractivity contribution in [2.24, 2.45) is 0 Å². The van der Waals surface area contributed by atoms with Crippen LogP contribution < -0.4 is 14.2 Å². The SMILES string of the molecule is COc1ccc(OCCOc2ccc(C(C)(C)c3ccc(C(=O)O)c(O)c3)cc2)cc1. The third-order valence-electron chi connectivity index (χ3n) is 5.21. The number of aromatic hydroxyl groups is 1. The summed E-state index contributed by atoms with van der Waals surface area (Å²) in [5.74, 6) is 0.856. The topological polar surface area (TPSA) is 85.2 Å². The maximum atomic E-state index is 11.1. The summed E-state index contributed by atoms with van der Waals surface area (Å²) in [6.07, 6.45) is 0. The molecule has 0 bridgehead atoms. The highest BCUT2D eigenvalue weighted by Gasteiger charge is 2.25. The first-order valence-electron chi connectivity index (χ1n) is 9.88. The summed E-state index contributed by atoms with van der Waals surface area (Å²) in [5.41, 5.74) is 1.29. The maximum Gasteiger partial charge on any atom is 0.339 e. The molecule has 0 saturated carbocycles. The van der Waals surface area contributed by atoms with Crippen LogP contribution in [0.4, 0.5) is 0 Å². The van der Waals surface area contributed by atoms with Crippen LogP contribution >= 0.6 is 0 Å². The normalized spacial score (nSPS) is 11.1. The molecule has 0 aliphatic heterocycles. The molecular weight excluding hydrogens is 396 g/mol. The average Bonchev–Trinajstić information content (AvgIpc) is 2.77. The highest BCUT2D eigenvalue weighted by molar-refractivity contribution is 5.90. The van der Waals surface area contributed by atoms with E-state index in [1.807, 2.05) is 62.4 Å². The molecule has 0 radical (unpaired) electrons. The molecule has 3 aromatic carbocycles. The van der Waals surface area contributed by atoms with E-state index in [1.54, 1.807) is 13.2 Å². The molecule has 0 amide bonds. The smallest absolute Gasteiger partial charge is 0.339 e. The second-order valence-corrected chi connectivity index (χ2v) is 7.56. The Bertz CT molecular complexity index is 1020. The van der Waals surface area contributed by atoms with Gasteiger partial charge in [0.05, 0.1) is 7.11 Å². The van der Waals surface area contributed by atoms with E-state index in [2.05, 4.69) is 0 Å². The maximum absolute atomic E-state index is 11.1. The predicted molar refractivity (Wildman–Crippen MR) is 118 cm³/mol. The fourth-order valence-electron chi connectivity index (χ4n) is 3.23. The molecule has 3 aromatic rings. The Morgan fingerprint density at radius 3 is 1.77 bits per heavy atom. The number of methoxy groups -OCH3 is 1. The van der Waals surface area contributed by atoms with Gasteiger partial charge in [0.2, 0.25) is 0 Å². The molecule has 2 N–H and O–H groups in total. The molecule has 0 heterocycles. The molecule has 0 aromatic heterocycles. The summed E-state index contributed by atoms with van der Waals surface area (Å²) in [4.78, 5) is 11.1. The summed E-state index contributed by atoms with van der Waals surface area (Å²) < 4.78 is 16.5. The van der Waals surface area contributed by atoms with Gasteiger partial charge in [0.25, 0.3) is 0 Å². The van der Waals surface area contributed by atoms with E-state index in [0.29, 0.717) is 13.2 Å². The minimum absolute atomic E-state index is 0.111. The minimum Gasteiger partial charge on any atom is -0.507 e. The number of carbonyl (C=O) groups is 1. The largest absolute Gasteiger partial charge is 0.507 e. The molecule has 0 aliphatic rings. The minimum atomic E-state index is -1.15. The van der Waals surface area contributed by atoms with Crippen molar-refractivity contribution in [3.8, 4) is 23.0 Å². The molecule has 162 valence electrons. The molecule has 0 atom stereocenters. The van der Waals surface area contributed by atoms with Crippen LogP contribution in [0.2, 0.25) is 0 Å². The van der Waals surface area contributed by atoms with E-state index in [4.69, 9.17) is 19.3 Å². The van der Waals surface area contributed by atoms with Crippen LogP contribution in [0.3, 0.4) is 0 Å². The number of ether oxygens (including phenoxy) is 3. The van der Waals surface area contributed by atoms with Gasteiger partial charge in [-0.25, -0.2) is 4.79 Å². The molecule has 6 nitrogen and oxygen atoms in total. The Morgan fingerprint density at radius 1 is 0.806 bits per heavy atom. The molecule has 0 aliphatic carbocycles. The molecular formula is C25H26O6. The van der Waals surface area contributed by atoms with Crippen LogP contribution in [-0.4, -0.2) is 36.5 Å². The first kappa shape index (κ1) is 22.0. The summed E-state index contributed by atoms with van der Waals surface area (Å²) in [5, 5.41) is 19.1. The Hall–Kier alpha value is -3.67.